The van der Waals surface area contributed by atoms with Gasteiger partial charge in [-0.2, -0.15) is 5.26 Å². The maximum Gasteiger partial charge on any atom is 0.223 e. The maximum atomic E-state index is 9.61. The van der Waals surface area contributed by atoms with Gasteiger partial charge in [0.25, 0.3) is 0 Å². The summed E-state index contributed by atoms with van der Waals surface area (Å²) in [6.45, 7) is 5.59. The Kier molecular flexibility index (Phi) is 5.19. The molecule has 0 saturated carbocycles. The van der Waals surface area contributed by atoms with Crippen LogP contribution < -0.4 is 5.73 Å². The zero-order chi connectivity index (χ0) is 19.2. The van der Waals surface area contributed by atoms with Gasteiger partial charge in [-0.25, -0.2) is 0 Å². The van der Waals surface area contributed by atoms with Gasteiger partial charge in [-0.1, -0.05) is 30.9 Å². The van der Waals surface area contributed by atoms with Crippen LogP contribution in [0.3, 0.4) is 0 Å². The van der Waals surface area contributed by atoms with Crippen molar-refractivity contribution >= 4 is 5.57 Å². The van der Waals surface area contributed by atoms with Gasteiger partial charge in [0.05, 0.1) is 17.3 Å². The molecule has 2 aromatic heterocycles. The number of nitrogens with two attached hydrogens (primary N) is 1. The number of nitriles is 1. The molecular formula is C20H17N7. The second-order valence-electron chi connectivity index (χ2n) is 5.53. The van der Waals surface area contributed by atoms with Crippen molar-refractivity contribution < 1.29 is 0 Å². The Labute approximate surface area is 156 Å². The lowest BCUT2D eigenvalue weighted by Crippen LogP contribution is -2.03. The number of nitrogens with zero attached hydrogens (tertiary/aromatic N) is 6. The fraction of sp³-hybridized carbons (Fsp3) is 0.0500. The molecule has 0 atom stereocenters. The van der Waals surface area contributed by atoms with Gasteiger partial charge >= 0.3 is 0 Å². The Morgan fingerprint density at radius 2 is 2.15 bits per heavy atom. The number of hydrogen-bond acceptors (Lipinski definition) is 6. The molecule has 27 heavy (non-hydrogen) atoms. The Balaban J connectivity index is 2.04. The third kappa shape index (κ3) is 3.65. The number of pyridine rings is 1. The molecule has 2 heterocycles. The van der Waals surface area contributed by atoms with E-state index >= 15 is 0 Å². The highest BCUT2D eigenvalue weighted by Crippen LogP contribution is 2.25. The lowest BCUT2D eigenvalue weighted by Gasteiger charge is -2.09. The molecule has 1 aromatic carbocycles. The van der Waals surface area contributed by atoms with E-state index < -0.39 is 0 Å². The van der Waals surface area contributed by atoms with Crippen LogP contribution in [0, 0.1) is 11.3 Å². The van der Waals surface area contributed by atoms with Gasteiger partial charge in [-0.05, 0) is 42.5 Å². The van der Waals surface area contributed by atoms with Crippen LogP contribution in [-0.2, 0) is 0 Å². The minimum atomic E-state index is 0.406. The van der Waals surface area contributed by atoms with E-state index in [0.717, 1.165) is 5.57 Å². The van der Waals surface area contributed by atoms with Crippen molar-refractivity contribution in [3.63, 3.8) is 0 Å². The van der Waals surface area contributed by atoms with Gasteiger partial charge in [-0.15, -0.1) is 15.0 Å². The van der Waals surface area contributed by atoms with E-state index in [1.54, 1.807) is 30.5 Å². The molecule has 7 nitrogen and oxygen atoms in total. The summed E-state index contributed by atoms with van der Waals surface area (Å²) in [5, 5.41) is 22.0. The summed E-state index contributed by atoms with van der Waals surface area (Å²) in [6, 6.07) is 13.0. The number of rotatable bonds is 5. The summed E-state index contributed by atoms with van der Waals surface area (Å²) >= 11 is 0. The minimum absolute atomic E-state index is 0.406. The molecule has 132 valence electrons. The molecule has 0 saturated heterocycles. The summed E-state index contributed by atoms with van der Waals surface area (Å²) in [4.78, 5) is 5.57. The van der Waals surface area contributed by atoms with E-state index in [0.29, 0.717) is 34.0 Å². The average Bonchev–Trinajstić information content (AvgIpc) is 3.22. The first kappa shape index (κ1) is 17.8. The van der Waals surface area contributed by atoms with Gasteiger partial charge in [0, 0.05) is 23.0 Å². The highest BCUT2D eigenvalue weighted by atomic mass is 15.6. The van der Waals surface area contributed by atoms with Crippen molar-refractivity contribution in [1.82, 2.24) is 25.2 Å². The predicted octanol–water partition coefficient (Wildman–Crippen LogP) is 3.03. The average molecular weight is 355 g/mol. The number of aromatic nitrogens is 5. The van der Waals surface area contributed by atoms with Crippen molar-refractivity contribution in [1.29, 1.82) is 5.26 Å². The van der Waals surface area contributed by atoms with Gasteiger partial charge in [0.2, 0.25) is 5.82 Å². The zero-order valence-corrected chi connectivity index (χ0v) is 14.7. The molecule has 0 radical (unpaired) electrons. The fourth-order valence-corrected chi connectivity index (χ4v) is 2.52. The molecule has 0 bridgehead atoms. The third-order valence-electron chi connectivity index (χ3n) is 3.82. The standard InChI is InChI=1S/C20H17N7/c1-3-7-17(18(22)4-2)16-10-9-15(12-14(16)13-21)27-25-20(24-26-27)19-8-5-6-11-23-19/h3-12H,2,22H2,1H3/b7-3-,18-17-. The lowest BCUT2D eigenvalue weighted by atomic mass is 9.97. The molecule has 0 unspecified atom stereocenters. The quantitative estimate of drug-likeness (QED) is 0.705. The number of allylic oxidation sites excluding steroid dienone is 4. The zero-order valence-electron chi connectivity index (χ0n) is 14.7. The van der Waals surface area contributed by atoms with Gasteiger partial charge in [0.1, 0.15) is 5.69 Å². The van der Waals surface area contributed by atoms with Crippen molar-refractivity contribution in [3.8, 4) is 23.3 Å². The van der Waals surface area contributed by atoms with E-state index in [1.807, 2.05) is 37.3 Å². The van der Waals surface area contributed by atoms with E-state index in [1.165, 1.54) is 4.80 Å². The minimum Gasteiger partial charge on any atom is -0.398 e. The summed E-state index contributed by atoms with van der Waals surface area (Å²) in [5.74, 6) is 0.406. The normalized spacial score (nSPS) is 11.9. The van der Waals surface area contributed by atoms with Crippen LogP contribution in [0.25, 0.3) is 22.8 Å². The first-order valence-electron chi connectivity index (χ1n) is 8.19. The van der Waals surface area contributed by atoms with E-state index in [4.69, 9.17) is 5.73 Å². The lowest BCUT2D eigenvalue weighted by molar-refractivity contribution is 0.719. The molecule has 0 aliphatic rings. The highest BCUT2D eigenvalue weighted by molar-refractivity contribution is 5.81. The number of tetrazole rings is 1. The Morgan fingerprint density at radius 1 is 1.30 bits per heavy atom. The maximum absolute atomic E-state index is 9.61. The van der Waals surface area contributed by atoms with Crippen molar-refractivity contribution in [2.45, 2.75) is 6.92 Å². The Hall–Kier alpha value is -4.05. The van der Waals surface area contributed by atoms with Crippen LogP contribution in [0.5, 0.6) is 0 Å². The molecule has 0 aliphatic carbocycles. The van der Waals surface area contributed by atoms with Crippen LogP contribution in [-0.4, -0.2) is 25.2 Å². The summed E-state index contributed by atoms with van der Waals surface area (Å²) in [5.41, 5.74) is 9.65. The molecule has 3 aromatic rings. The van der Waals surface area contributed by atoms with E-state index in [2.05, 4.69) is 33.0 Å². The smallest absolute Gasteiger partial charge is 0.223 e. The second kappa shape index (κ2) is 7.89. The van der Waals surface area contributed by atoms with Crippen LogP contribution in [0.1, 0.15) is 18.1 Å². The summed E-state index contributed by atoms with van der Waals surface area (Å²) < 4.78 is 0. The van der Waals surface area contributed by atoms with Crippen molar-refractivity contribution in [2.24, 2.45) is 5.73 Å². The molecule has 0 amide bonds. The molecule has 0 spiro atoms. The molecule has 0 fully saturated rings. The van der Waals surface area contributed by atoms with Gasteiger partial charge in [-0.3, -0.25) is 4.98 Å². The monoisotopic (exact) mass is 355 g/mol. The van der Waals surface area contributed by atoms with Crippen LogP contribution in [0.4, 0.5) is 0 Å². The molecule has 7 heteroatoms. The largest absolute Gasteiger partial charge is 0.398 e. The highest BCUT2D eigenvalue weighted by Gasteiger charge is 2.13. The molecule has 2 N–H and O–H groups in total. The first-order valence-corrected chi connectivity index (χ1v) is 8.19. The molecule has 0 aliphatic heterocycles. The van der Waals surface area contributed by atoms with Gasteiger partial charge in [0.15, 0.2) is 0 Å². The van der Waals surface area contributed by atoms with Crippen LogP contribution in [0.2, 0.25) is 0 Å². The number of benzene rings is 1. The van der Waals surface area contributed by atoms with Crippen LogP contribution in [0.15, 0.2) is 73.1 Å². The third-order valence-corrected chi connectivity index (χ3v) is 3.82. The van der Waals surface area contributed by atoms with Crippen LogP contribution >= 0.6 is 0 Å². The fourth-order valence-electron chi connectivity index (χ4n) is 2.52. The number of hydrogen-bond donors (Lipinski definition) is 1. The summed E-state index contributed by atoms with van der Waals surface area (Å²) in [6.07, 6.45) is 6.93. The first-order chi connectivity index (χ1) is 13.2. The predicted molar refractivity (Wildman–Crippen MR) is 103 cm³/mol. The van der Waals surface area contributed by atoms with Gasteiger partial charge < -0.3 is 5.73 Å². The Bertz CT molecular complexity index is 1070. The van der Waals surface area contributed by atoms with Crippen molar-refractivity contribution in [2.75, 3.05) is 0 Å². The second-order valence-corrected chi connectivity index (χ2v) is 5.53. The summed E-state index contributed by atoms with van der Waals surface area (Å²) in [7, 11) is 0. The van der Waals surface area contributed by atoms with Crippen molar-refractivity contribution in [3.05, 3.63) is 84.2 Å². The Morgan fingerprint density at radius 3 is 2.81 bits per heavy atom. The van der Waals surface area contributed by atoms with E-state index in [-0.39, 0.29) is 0 Å². The topological polar surface area (TPSA) is 106 Å². The molecule has 3 rings (SSSR count). The molecular weight excluding hydrogens is 338 g/mol. The SMILES string of the molecule is C=C/C(N)=C(\C=C/C)c1ccc(-n2nnc(-c3ccccn3)n2)cc1C#N. The van der Waals surface area contributed by atoms with E-state index in [9.17, 15) is 5.26 Å².